The van der Waals surface area contributed by atoms with Crippen LogP contribution in [0.25, 0.3) is 0 Å². The van der Waals surface area contributed by atoms with Crippen molar-refractivity contribution in [3.8, 4) is 0 Å². The molecule has 1 amide bonds. The minimum Gasteiger partial charge on any atom is -0.352 e. The van der Waals surface area contributed by atoms with Gasteiger partial charge in [-0.1, -0.05) is 6.92 Å². The average Bonchev–Trinajstić information content (AvgIpc) is 2.99. The molecule has 0 aliphatic rings. The minimum atomic E-state index is -4.66. The van der Waals surface area contributed by atoms with Crippen LogP contribution in [0.15, 0.2) is 12.3 Å². The first-order chi connectivity index (χ1) is 11.1. The van der Waals surface area contributed by atoms with Gasteiger partial charge < -0.3 is 5.32 Å². The fraction of sp³-hybridized carbons (Fsp3) is 0.533. The topological polar surface area (TPSA) is 64.7 Å². The van der Waals surface area contributed by atoms with Gasteiger partial charge in [0.2, 0.25) is 0 Å². The molecule has 132 valence electrons. The summed E-state index contributed by atoms with van der Waals surface area (Å²) in [5, 5.41) is 10.2. The molecule has 2 rings (SSSR count). The molecular formula is C15H20F3N5O. The van der Waals surface area contributed by atoms with E-state index in [2.05, 4.69) is 15.5 Å². The molecule has 2 aromatic rings. The van der Waals surface area contributed by atoms with Gasteiger partial charge in [0.1, 0.15) is 0 Å². The minimum absolute atomic E-state index is 0.0120. The molecule has 0 aromatic carbocycles. The lowest BCUT2D eigenvalue weighted by Crippen LogP contribution is -2.31. The Morgan fingerprint density at radius 1 is 1.33 bits per heavy atom. The van der Waals surface area contributed by atoms with E-state index >= 15 is 0 Å². The molecule has 1 N–H and O–H groups in total. The molecular weight excluding hydrogens is 323 g/mol. The Morgan fingerprint density at radius 2 is 2.00 bits per heavy atom. The van der Waals surface area contributed by atoms with Gasteiger partial charge in [0.15, 0.2) is 5.69 Å². The number of hydrogen-bond donors (Lipinski definition) is 1. The van der Waals surface area contributed by atoms with Crippen molar-refractivity contribution in [2.24, 2.45) is 13.0 Å². The van der Waals surface area contributed by atoms with E-state index in [1.165, 1.54) is 7.05 Å². The lowest BCUT2D eigenvalue weighted by atomic mass is 10.1. The zero-order valence-corrected chi connectivity index (χ0v) is 14.0. The number of nitrogens with zero attached hydrogens (tertiary/aromatic N) is 4. The molecule has 2 aromatic heterocycles. The van der Waals surface area contributed by atoms with Crippen LogP contribution in [0.4, 0.5) is 13.2 Å². The van der Waals surface area contributed by atoms with Crippen molar-refractivity contribution >= 4 is 5.91 Å². The number of halogens is 3. The second kappa shape index (κ2) is 6.66. The lowest BCUT2D eigenvalue weighted by molar-refractivity contribution is -0.141. The predicted molar refractivity (Wildman–Crippen MR) is 81.4 cm³/mol. The SMILES string of the molecule is Cc1cc(C)n(CC(C)CNC(=O)c2cn(C)nc2C(F)(F)F)n1. The van der Waals surface area contributed by atoms with Crippen LogP contribution in [-0.4, -0.2) is 32.0 Å². The summed E-state index contributed by atoms with van der Waals surface area (Å²) in [7, 11) is 1.34. The molecule has 0 bridgehead atoms. The number of nitrogens with one attached hydrogen (secondary N) is 1. The average molecular weight is 343 g/mol. The molecule has 0 radical (unpaired) electrons. The van der Waals surface area contributed by atoms with E-state index < -0.39 is 23.3 Å². The molecule has 24 heavy (non-hydrogen) atoms. The molecule has 0 aliphatic heterocycles. The van der Waals surface area contributed by atoms with Gasteiger partial charge in [-0.3, -0.25) is 14.2 Å². The number of amides is 1. The highest BCUT2D eigenvalue weighted by atomic mass is 19.4. The van der Waals surface area contributed by atoms with E-state index in [0.717, 1.165) is 22.3 Å². The molecule has 1 unspecified atom stereocenters. The maximum Gasteiger partial charge on any atom is 0.435 e. The van der Waals surface area contributed by atoms with Crippen molar-refractivity contribution in [3.05, 3.63) is 34.9 Å². The van der Waals surface area contributed by atoms with Gasteiger partial charge in [-0.25, -0.2) is 0 Å². The van der Waals surface area contributed by atoms with Crippen LogP contribution in [0.3, 0.4) is 0 Å². The van der Waals surface area contributed by atoms with Gasteiger partial charge in [0, 0.05) is 32.0 Å². The van der Waals surface area contributed by atoms with Crippen LogP contribution >= 0.6 is 0 Å². The van der Waals surface area contributed by atoms with Crippen LogP contribution in [0.2, 0.25) is 0 Å². The normalized spacial score (nSPS) is 13.1. The second-order valence-corrected chi connectivity index (χ2v) is 5.99. The van der Waals surface area contributed by atoms with Crippen molar-refractivity contribution in [2.45, 2.75) is 33.5 Å². The van der Waals surface area contributed by atoms with Crippen molar-refractivity contribution in [2.75, 3.05) is 6.54 Å². The molecule has 0 fully saturated rings. The first-order valence-electron chi connectivity index (χ1n) is 7.48. The summed E-state index contributed by atoms with van der Waals surface area (Å²) < 4.78 is 41.5. The number of rotatable bonds is 5. The van der Waals surface area contributed by atoms with Crippen LogP contribution in [0.5, 0.6) is 0 Å². The quantitative estimate of drug-likeness (QED) is 0.906. The molecule has 1 atom stereocenters. The number of aryl methyl sites for hydroxylation is 3. The number of hydrogen-bond acceptors (Lipinski definition) is 3. The van der Waals surface area contributed by atoms with E-state index in [9.17, 15) is 18.0 Å². The molecule has 2 heterocycles. The molecule has 0 spiro atoms. The monoisotopic (exact) mass is 343 g/mol. The maximum atomic E-state index is 12.9. The third-order valence-electron chi connectivity index (χ3n) is 3.54. The smallest absolute Gasteiger partial charge is 0.352 e. The third-order valence-corrected chi connectivity index (χ3v) is 3.54. The second-order valence-electron chi connectivity index (χ2n) is 5.99. The standard InChI is InChI=1S/C15H20F3N5O/c1-9(7-23-11(3)5-10(2)20-23)6-19-14(24)12-8-22(4)21-13(12)15(16,17)18/h5,8-9H,6-7H2,1-4H3,(H,19,24). The van der Waals surface area contributed by atoms with Crippen molar-refractivity contribution in [1.29, 1.82) is 0 Å². The van der Waals surface area contributed by atoms with Crippen LogP contribution < -0.4 is 5.32 Å². The summed E-state index contributed by atoms with van der Waals surface area (Å²) in [5.41, 5.74) is 0.253. The Bertz CT molecular complexity index is 732. The highest BCUT2D eigenvalue weighted by Crippen LogP contribution is 2.30. The molecule has 6 nitrogen and oxygen atoms in total. The fourth-order valence-corrected chi connectivity index (χ4v) is 2.45. The summed E-state index contributed by atoms with van der Waals surface area (Å²) >= 11 is 0. The first-order valence-corrected chi connectivity index (χ1v) is 7.48. The molecule has 0 aliphatic carbocycles. The third kappa shape index (κ3) is 4.15. The Balaban J connectivity index is 1.99. The Labute approximate surface area is 137 Å². The molecule has 9 heteroatoms. The number of aromatic nitrogens is 4. The van der Waals surface area contributed by atoms with Gasteiger partial charge in [-0.05, 0) is 25.8 Å². The van der Waals surface area contributed by atoms with Gasteiger partial charge in [-0.2, -0.15) is 23.4 Å². The summed E-state index contributed by atoms with van der Waals surface area (Å²) in [6, 6.07) is 1.94. The summed E-state index contributed by atoms with van der Waals surface area (Å²) in [4.78, 5) is 12.1. The highest BCUT2D eigenvalue weighted by Gasteiger charge is 2.38. The van der Waals surface area contributed by atoms with E-state index in [1.807, 2.05) is 31.5 Å². The molecule has 0 saturated heterocycles. The van der Waals surface area contributed by atoms with Gasteiger partial charge in [0.25, 0.3) is 5.91 Å². The van der Waals surface area contributed by atoms with Gasteiger partial charge in [-0.15, -0.1) is 0 Å². The Hall–Kier alpha value is -2.32. The van der Waals surface area contributed by atoms with E-state index in [4.69, 9.17) is 0 Å². The van der Waals surface area contributed by atoms with Crippen molar-refractivity contribution in [3.63, 3.8) is 0 Å². The van der Waals surface area contributed by atoms with Crippen molar-refractivity contribution in [1.82, 2.24) is 24.9 Å². The van der Waals surface area contributed by atoms with E-state index in [0.29, 0.717) is 6.54 Å². The fourth-order valence-electron chi connectivity index (χ4n) is 2.45. The molecule has 0 saturated carbocycles. The lowest BCUT2D eigenvalue weighted by Gasteiger charge is -2.14. The number of alkyl halides is 3. The predicted octanol–water partition coefficient (Wildman–Crippen LogP) is 2.32. The van der Waals surface area contributed by atoms with E-state index in [1.54, 1.807) is 0 Å². The summed E-state index contributed by atoms with van der Waals surface area (Å²) in [6.45, 7) is 6.51. The number of carbonyl (C=O) groups excluding carboxylic acids is 1. The van der Waals surface area contributed by atoms with Crippen LogP contribution in [0.1, 0.15) is 34.4 Å². The van der Waals surface area contributed by atoms with Crippen LogP contribution in [-0.2, 0) is 19.8 Å². The first kappa shape index (κ1) is 18.0. The maximum absolute atomic E-state index is 12.9. The van der Waals surface area contributed by atoms with Gasteiger partial charge in [0.05, 0.1) is 11.3 Å². The summed E-state index contributed by atoms with van der Waals surface area (Å²) in [5.74, 6) is -0.770. The zero-order chi connectivity index (χ0) is 18.1. The van der Waals surface area contributed by atoms with Crippen LogP contribution in [0, 0.1) is 19.8 Å². The Morgan fingerprint density at radius 3 is 2.54 bits per heavy atom. The van der Waals surface area contributed by atoms with Crippen molar-refractivity contribution < 1.29 is 18.0 Å². The zero-order valence-electron chi connectivity index (χ0n) is 14.0. The Kier molecular flexibility index (Phi) is 5.00. The van der Waals surface area contributed by atoms with E-state index in [-0.39, 0.29) is 12.5 Å². The highest BCUT2D eigenvalue weighted by molar-refractivity contribution is 5.95. The largest absolute Gasteiger partial charge is 0.435 e. The van der Waals surface area contributed by atoms with Gasteiger partial charge >= 0.3 is 6.18 Å². The number of carbonyl (C=O) groups is 1. The summed E-state index contributed by atoms with van der Waals surface area (Å²) in [6.07, 6.45) is -3.59.